The van der Waals surface area contributed by atoms with Crippen LogP contribution in [0.15, 0.2) is 52.1 Å². The minimum absolute atomic E-state index is 0.0105. The number of H-pyrrole nitrogens is 1. The molecule has 1 aliphatic rings. The highest BCUT2D eigenvalue weighted by Crippen LogP contribution is 2.34. The first-order valence-corrected chi connectivity index (χ1v) is 11.0. The van der Waals surface area contributed by atoms with E-state index in [4.69, 9.17) is 4.74 Å². The number of ether oxygens (including phenoxy) is 1. The normalized spacial score (nSPS) is 15.5. The Balaban J connectivity index is 1.72. The first-order valence-electron chi connectivity index (χ1n) is 11.0. The molecule has 3 aromatic rings. The molecule has 2 aromatic carbocycles. The van der Waals surface area contributed by atoms with E-state index in [1.165, 1.54) is 22.3 Å². The van der Waals surface area contributed by atoms with Crippen molar-refractivity contribution in [2.75, 3.05) is 0 Å². The highest BCUT2D eigenvalue weighted by molar-refractivity contribution is 5.35. The largest absolute Gasteiger partial charge is 0.353 e. The monoisotopic (exact) mass is 418 g/mol. The molecule has 0 saturated heterocycles. The summed E-state index contributed by atoms with van der Waals surface area (Å²) in [6.07, 6.45) is 2.36. The molecule has 1 aromatic heterocycles. The lowest BCUT2D eigenvalue weighted by molar-refractivity contribution is 0.00310. The van der Waals surface area contributed by atoms with Gasteiger partial charge in [0.25, 0.3) is 5.56 Å². The molecule has 1 N–H and O–H groups in total. The Morgan fingerprint density at radius 3 is 2.52 bits per heavy atom. The third kappa shape index (κ3) is 4.42. The highest BCUT2D eigenvalue weighted by atomic mass is 16.5. The zero-order valence-corrected chi connectivity index (χ0v) is 18.7. The average molecular weight is 419 g/mol. The molecule has 5 nitrogen and oxygen atoms in total. The van der Waals surface area contributed by atoms with E-state index in [9.17, 15) is 9.59 Å². The average Bonchev–Trinajstić information content (AvgIpc) is 3.09. The predicted octanol–water partition coefficient (Wildman–Crippen LogP) is 4.53. The number of nitrogens with zero attached hydrogens (tertiary/aromatic N) is 1. The summed E-state index contributed by atoms with van der Waals surface area (Å²) in [5, 5.41) is 0. The second-order valence-corrected chi connectivity index (χ2v) is 8.90. The molecule has 5 heteroatoms. The van der Waals surface area contributed by atoms with Gasteiger partial charge in [-0.3, -0.25) is 14.3 Å². The summed E-state index contributed by atoms with van der Waals surface area (Å²) in [5.74, 6) is -0.0105. The van der Waals surface area contributed by atoms with Crippen LogP contribution in [0.5, 0.6) is 0 Å². The van der Waals surface area contributed by atoms with E-state index in [0.29, 0.717) is 12.0 Å². The molecule has 0 spiro atoms. The van der Waals surface area contributed by atoms with E-state index >= 15 is 0 Å². The molecule has 1 unspecified atom stereocenters. The van der Waals surface area contributed by atoms with Crippen LogP contribution < -0.4 is 11.2 Å². The van der Waals surface area contributed by atoms with Crippen LogP contribution >= 0.6 is 0 Å². The molecule has 162 valence electrons. The third-order valence-electron chi connectivity index (χ3n) is 6.06. The van der Waals surface area contributed by atoms with Gasteiger partial charge in [0.1, 0.15) is 6.73 Å². The van der Waals surface area contributed by atoms with Crippen LogP contribution in [-0.4, -0.2) is 9.55 Å². The Morgan fingerprint density at radius 1 is 1.10 bits per heavy atom. The summed E-state index contributed by atoms with van der Waals surface area (Å²) < 4.78 is 7.84. The smallest absolute Gasteiger partial charge is 0.330 e. The van der Waals surface area contributed by atoms with Crippen LogP contribution in [0.3, 0.4) is 0 Å². The maximum atomic E-state index is 12.8. The van der Waals surface area contributed by atoms with E-state index < -0.39 is 5.69 Å². The van der Waals surface area contributed by atoms with Gasteiger partial charge in [-0.25, -0.2) is 4.79 Å². The topological polar surface area (TPSA) is 64.1 Å². The molecular formula is C26H30N2O3. The Bertz CT molecular complexity index is 1200. The number of fused-ring (bicyclic) bond motifs is 1. The zero-order valence-electron chi connectivity index (χ0n) is 18.7. The number of nitrogens with one attached hydrogen (secondary N) is 1. The molecule has 0 saturated carbocycles. The number of benzene rings is 2. The predicted molar refractivity (Wildman–Crippen MR) is 123 cm³/mol. The van der Waals surface area contributed by atoms with Gasteiger partial charge in [-0.1, -0.05) is 67.4 Å². The van der Waals surface area contributed by atoms with Gasteiger partial charge in [0.15, 0.2) is 0 Å². The zero-order chi connectivity index (χ0) is 22.1. The lowest BCUT2D eigenvalue weighted by atomic mass is 9.96. The number of aromatic amines is 1. The molecular weight excluding hydrogens is 388 g/mol. The number of rotatable bonds is 6. The summed E-state index contributed by atoms with van der Waals surface area (Å²) in [5.41, 5.74) is 6.58. The molecule has 0 radical (unpaired) electrons. The Kier molecular flexibility index (Phi) is 5.96. The van der Waals surface area contributed by atoms with Gasteiger partial charge in [-0.15, -0.1) is 0 Å². The highest BCUT2D eigenvalue weighted by Gasteiger charge is 2.24. The fraction of sp³-hybridized carbons (Fsp3) is 0.385. The van der Waals surface area contributed by atoms with Crippen molar-refractivity contribution in [1.82, 2.24) is 9.55 Å². The first kappa shape index (κ1) is 21.3. The summed E-state index contributed by atoms with van der Waals surface area (Å²) in [4.78, 5) is 28.0. The molecule has 4 rings (SSSR count). The van der Waals surface area contributed by atoms with E-state index in [-0.39, 0.29) is 24.3 Å². The molecule has 0 aliphatic heterocycles. The van der Waals surface area contributed by atoms with Crippen LogP contribution in [0.25, 0.3) is 0 Å². The quantitative estimate of drug-likeness (QED) is 0.640. The van der Waals surface area contributed by atoms with Crippen molar-refractivity contribution in [2.24, 2.45) is 0 Å². The van der Waals surface area contributed by atoms with E-state index in [2.05, 4.69) is 49.2 Å². The summed E-state index contributed by atoms with van der Waals surface area (Å²) in [6, 6.07) is 14.6. The number of hydrogen-bond donors (Lipinski definition) is 1. The molecule has 31 heavy (non-hydrogen) atoms. The molecule has 0 fully saturated rings. The maximum Gasteiger partial charge on any atom is 0.330 e. The van der Waals surface area contributed by atoms with Crippen molar-refractivity contribution in [3.8, 4) is 0 Å². The van der Waals surface area contributed by atoms with Crippen LogP contribution in [0, 0.1) is 13.8 Å². The maximum absolute atomic E-state index is 12.8. The third-order valence-corrected chi connectivity index (χ3v) is 6.06. The van der Waals surface area contributed by atoms with Crippen molar-refractivity contribution in [3.05, 3.63) is 102 Å². The van der Waals surface area contributed by atoms with Gasteiger partial charge < -0.3 is 4.74 Å². The van der Waals surface area contributed by atoms with E-state index in [0.717, 1.165) is 24.1 Å². The van der Waals surface area contributed by atoms with E-state index in [1.54, 1.807) is 4.57 Å². The molecule has 1 atom stereocenters. The van der Waals surface area contributed by atoms with Crippen molar-refractivity contribution in [2.45, 2.75) is 65.7 Å². The van der Waals surface area contributed by atoms with Crippen LogP contribution in [0.4, 0.5) is 0 Å². The standard InChI is InChI=1S/C26H30N2O3/c1-16(2)24-22(14-19-12-17(3)11-18(4)13-19)28(26(30)27-25(24)29)15-31-23-10-9-20-7-5-6-8-21(20)23/h5-8,11-13,16,23H,9-10,14-15H2,1-4H3,(H,27,29,30). The second kappa shape index (κ2) is 8.67. The molecule has 1 heterocycles. The minimum Gasteiger partial charge on any atom is -0.353 e. The van der Waals surface area contributed by atoms with Crippen molar-refractivity contribution in [1.29, 1.82) is 0 Å². The Labute approximate surface area is 182 Å². The van der Waals surface area contributed by atoms with Crippen LogP contribution in [-0.2, 0) is 24.3 Å². The number of hydrogen-bond acceptors (Lipinski definition) is 3. The van der Waals surface area contributed by atoms with Crippen molar-refractivity contribution >= 4 is 0 Å². The van der Waals surface area contributed by atoms with Gasteiger partial charge in [0, 0.05) is 17.7 Å². The lowest BCUT2D eigenvalue weighted by Gasteiger charge is -2.21. The van der Waals surface area contributed by atoms with Crippen molar-refractivity contribution in [3.63, 3.8) is 0 Å². The van der Waals surface area contributed by atoms with Gasteiger partial charge >= 0.3 is 5.69 Å². The fourth-order valence-electron chi connectivity index (χ4n) is 4.77. The number of aryl methyl sites for hydroxylation is 3. The van der Waals surface area contributed by atoms with Gasteiger partial charge in [0.05, 0.1) is 6.10 Å². The lowest BCUT2D eigenvalue weighted by Crippen LogP contribution is -2.37. The fourth-order valence-corrected chi connectivity index (χ4v) is 4.77. The Hall–Kier alpha value is -2.92. The molecule has 0 bridgehead atoms. The van der Waals surface area contributed by atoms with Crippen molar-refractivity contribution < 1.29 is 4.74 Å². The molecule has 0 amide bonds. The minimum atomic E-state index is -0.417. The van der Waals surface area contributed by atoms with Gasteiger partial charge in [-0.2, -0.15) is 0 Å². The summed E-state index contributed by atoms with van der Waals surface area (Å²) >= 11 is 0. The summed E-state index contributed by atoms with van der Waals surface area (Å²) in [6.45, 7) is 8.21. The summed E-state index contributed by atoms with van der Waals surface area (Å²) in [7, 11) is 0. The molecule has 1 aliphatic carbocycles. The first-order chi connectivity index (χ1) is 14.8. The Morgan fingerprint density at radius 2 is 1.81 bits per heavy atom. The van der Waals surface area contributed by atoms with Gasteiger partial charge in [0.2, 0.25) is 0 Å². The number of aromatic nitrogens is 2. The van der Waals surface area contributed by atoms with Gasteiger partial charge in [-0.05, 0) is 49.3 Å². The SMILES string of the molecule is Cc1cc(C)cc(Cc2c(C(C)C)c(=O)[nH]c(=O)n2COC2CCc3ccccc32)c1. The van der Waals surface area contributed by atoms with Crippen LogP contribution in [0.1, 0.15) is 71.4 Å². The second-order valence-electron chi connectivity index (χ2n) is 8.90. The van der Waals surface area contributed by atoms with E-state index in [1.807, 2.05) is 26.0 Å². The van der Waals surface area contributed by atoms with Crippen LogP contribution in [0.2, 0.25) is 0 Å².